The summed E-state index contributed by atoms with van der Waals surface area (Å²) in [5.41, 5.74) is 3.29. The van der Waals surface area contributed by atoms with Gasteiger partial charge in [0, 0.05) is 11.5 Å². The molecule has 0 aliphatic carbocycles. The Balaban J connectivity index is 2.37. The summed E-state index contributed by atoms with van der Waals surface area (Å²) in [6, 6.07) is 12.8. The predicted molar refractivity (Wildman–Crippen MR) is 90.3 cm³/mol. The topological polar surface area (TPSA) is 43.4 Å². The van der Waals surface area contributed by atoms with Crippen LogP contribution in [0.4, 0.5) is 0 Å². The van der Waals surface area contributed by atoms with Crippen LogP contribution in [0.3, 0.4) is 0 Å². The van der Waals surface area contributed by atoms with Gasteiger partial charge in [-0.2, -0.15) is 0 Å². The number of carbonyl (C=O) groups excluding carboxylic acids is 1. The summed E-state index contributed by atoms with van der Waals surface area (Å²) in [5, 5.41) is 0.577. The fourth-order valence-electron chi connectivity index (χ4n) is 2.64. The minimum atomic E-state index is -3.18. The van der Waals surface area contributed by atoms with Crippen molar-refractivity contribution in [2.45, 2.75) is 27.7 Å². The van der Waals surface area contributed by atoms with Crippen molar-refractivity contribution < 1.29 is 13.9 Å². The highest BCUT2D eigenvalue weighted by Crippen LogP contribution is 2.46. The molecule has 0 spiro atoms. The lowest BCUT2D eigenvalue weighted by Gasteiger charge is -2.18. The minimum absolute atomic E-state index is 0.284. The van der Waals surface area contributed by atoms with E-state index < -0.39 is 13.3 Å². The summed E-state index contributed by atoms with van der Waals surface area (Å²) in [7, 11) is -3.18. The molecule has 0 bridgehead atoms. The average Bonchev–Trinajstić information content (AvgIpc) is 2.46. The fraction of sp³-hybridized carbons (Fsp3) is 0.278. The lowest BCUT2D eigenvalue weighted by molar-refractivity contribution is 0.0742. The molecule has 22 heavy (non-hydrogen) atoms. The maximum atomic E-state index is 13.0. The predicted octanol–water partition coefficient (Wildman–Crippen LogP) is 4.39. The largest absolute Gasteiger partial charge is 0.404 e. The molecule has 1 atom stereocenters. The van der Waals surface area contributed by atoms with Crippen LogP contribution in [-0.4, -0.2) is 12.1 Å². The first-order valence-corrected chi connectivity index (χ1v) is 9.15. The number of benzene rings is 2. The lowest BCUT2D eigenvalue weighted by Crippen LogP contribution is -2.15. The molecule has 0 heterocycles. The van der Waals surface area contributed by atoms with Gasteiger partial charge in [0.25, 0.3) is 7.37 Å². The first kappa shape index (κ1) is 16.5. The molecule has 2 aromatic carbocycles. The smallest absolute Gasteiger partial charge is 0.343 e. The van der Waals surface area contributed by atoms with E-state index in [1.54, 1.807) is 31.2 Å². The molecule has 0 saturated heterocycles. The standard InChI is InChI=1S/C18H21O3P/c1-5-22(20,16-9-7-6-8-10-16)21-18(19)17-14(3)11-13(2)12-15(17)4/h6-12H,5H2,1-4H3. The summed E-state index contributed by atoms with van der Waals surface area (Å²) in [5.74, 6) is -0.510. The Hall–Kier alpha value is -1.86. The summed E-state index contributed by atoms with van der Waals surface area (Å²) >= 11 is 0. The van der Waals surface area contributed by atoms with Crippen molar-refractivity contribution >= 4 is 18.6 Å². The second-order valence-corrected chi connectivity index (χ2v) is 8.16. The molecular weight excluding hydrogens is 295 g/mol. The molecule has 116 valence electrons. The van der Waals surface area contributed by atoms with Crippen molar-refractivity contribution in [3.05, 3.63) is 64.7 Å². The Bertz CT molecular complexity index is 712. The van der Waals surface area contributed by atoms with Crippen LogP contribution in [0.2, 0.25) is 0 Å². The van der Waals surface area contributed by atoms with Crippen molar-refractivity contribution in [1.29, 1.82) is 0 Å². The lowest BCUT2D eigenvalue weighted by atomic mass is 10.0. The summed E-state index contributed by atoms with van der Waals surface area (Å²) in [6.07, 6.45) is 0.284. The van der Waals surface area contributed by atoms with E-state index in [4.69, 9.17) is 4.52 Å². The maximum absolute atomic E-state index is 13.0. The van der Waals surface area contributed by atoms with E-state index in [-0.39, 0.29) is 6.16 Å². The van der Waals surface area contributed by atoms with Crippen molar-refractivity contribution in [2.24, 2.45) is 0 Å². The first-order valence-electron chi connectivity index (χ1n) is 7.34. The van der Waals surface area contributed by atoms with Crippen molar-refractivity contribution in [1.82, 2.24) is 0 Å². The van der Waals surface area contributed by atoms with Gasteiger partial charge < -0.3 is 4.52 Å². The van der Waals surface area contributed by atoms with Crippen LogP contribution < -0.4 is 5.30 Å². The Morgan fingerprint density at radius 1 is 1.05 bits per heavy atom. The average molecular weight is 316 g/mol. The van der Waals surface area contributed by atoms with Gasteiger partial charge in [0.05, 0.1) is 5.56 Å². The molecule has 4 heteroatoms. The Morgan fingerprint density at radius 2 is 1.59 bits per heavy atom. The molecule has 3 nitrogen and oxygen atoms in total. The van der Waals surface area contributed by atoms with Gasteiger partial charge in [-0.3, -0.25) is 4.57 Å². The van der Waals surface area contributed by atoms with Gasteiger partial charge in [-0.25, -0.2) is 4.79 Å². The Labute approximate surface area is 131 Å². The molecule has 1 unspecified atom stereocenters. The minimum Gasteiger partial charge on any atom is -0.404 e. The van der Waals surface area contributed by atoms with Gasteiger partial charge in [0.1, 0.15) is 0 Å². The van der Waals surface area contributed by atoms with Crippen LogP contribution in [-0.2, 0) is 9.09 Å². The monoisotopic (exact) mass is 316 g/mol. The molecule has 0 amide bonds. The molecular formula is C18H21O3P. The van der Waals surface area contributed by atoms with Crippen LogP contribution in [0, 0.1) is 20.8 Å². The van der Waals surface area contributed by atoms with E-state index in [0.29, 0.717) is 10.9 Å². The van der Waals surface area contributed by atoms with Crippen molar-refractivity contribution in [2.75, 3.05) is 6.16 Å². The van der Waals surface area contributed by atoms with E-state index >= 15 is 0 Å². The zero-order chi connectivity index (χ0) is 16.3. The number of hydrogen-bond acceptors (Lipinski definition) is 3. The van der Waals surface area contributed by atoms with Crippen LogP contribution in [0.25, 0.3) is 0 Å². The van der Waals surface area contributed by atoms with E-state index in [2.05, 4.69) is 0 Å². The van der Waals surface area contributed by atoms with Crippen LogP contribution in [0.5, 0.6) is 0 Å². The quantitative estimate of drug-likeness (QED) is 0.786. The molecule has 2 rings (SSSR count). The van der Waals surface area contributed by atoms with Gasteiger partial charge >= 0.3 is 5.97 Å². The second-order valence-electron chi connectivity index (χ2n) is 5.48. The molecule has 2 aromatic rings. The molecule has 0 radical (unpaired) electrons. The second kappa shape index (κ2) is 6.50. The molecule has 0 aliphatic rings. The fourth-order valence-corrected chi connectivity index (χ4v) is 4.22. The first-order chi connectivity index (χ1) is 10.4. The Morgan fingerprint density at radius 3 is 2.09 bits per heavy atom. The van der Waals surface area contributed by atoms with Crippen LogP contribution in [0.1, 0.15) is 34.0 Å². The normalized spacial score (nSPS) is 13.5. The summed E-state index contributed by atoms with van der Waals surface area (Å²) < 4.78 is 18.5. The number of carbonyl (C=O) groups is 1. The van der Waals surface area contributed by atoms with E-state index in [1.165, 1.54) is 0 Å². The third-order valence-electron chi connectivity index (χ3n) is 3.68. The van der Waals surface area contributed by atoms with Crippen molar-refractivity contribution in [3.8, 4) is 0 Å². The van der Waals surface area contributed by atoms with Crippen LogP contribution in [0.15, 0.2) is 42.5 Å². The number of hydrogen-bond donors (Lipinski definition) is 0. The highest BCUT2D eigenvalue weighted by atomic mass is 31.2. The molecule has 0 fully saturated rings. The number of aryl methyl sites for hydroxylation is 3. The maximum Gasteiger partial charge on any atom is 0.343 e. The zero-order valence-corrected chi connectivity index (χ0v) is 14.3. The molecule has 0 aliphatic heterocycles. The van der Waals surface area contributed by atoms with Gasteiger partial charge in [-0.1, -0.05) is 42.8 Å². The van der Waals surface area contributed by atoms with Gasteiger partial charge in [0.2, 0.25) is 0 Å². The van der Waals surface area contributed by atoms with Crippen LogP contribution >= 0.6 is 7.37 Å². The summed E-state index contributed by atoms with van der Waals surface area (Å²) in [6.45, 7) is 7.50. The highest BCUT2D eigenvalue weighted by Gasteiger charge is 2.29. The third-order valence-corrected chi connectivity index (χ3v) is 6.06. The van der Waals surface area contributed by atoms with E-state index in [0.717, 1.165) is 16.7 Å². The Kier molecular flexibility index (Phi) is 4.87. The molecule has 0 saturated carbocycles. The SMILES string of the molecule is CCP(=O)(OC(=O)c1c(C)cc(C)cc1C)c1ccccc1. The number of rotatable bonds is 4. The van der Waals surface area contributed by atoms with E-state index in [9.17, 15) is 9.36 Å². The van der Waals surface area contributed by atoms with Gasteiger partial charge in [-0.05, 0) is 44.0 Å². The van der Waals surface area contributed by atoms with Gasteiger partial charge in [-0.15, -0.1) is 0 Å². The molecule has 0 N–H and O–H groups in total. The molecule has 0 aromatic heterocycles. The van der Waals surface area contributed by atoms with Gasteiger partial charge in [0.15, 0.2) is 0 Å². The zero-order valence-electron chi connectivity index (χ0n) is 13.4. The third kappa shape index (κ3) is 3.31. The van der Waals surface area contributed by atoms with E-state index in [1.807, 2.05) is 39.0 Å². The summed E-state index contributed by atoms with van der Waals surface area (Å²) in [4.78, 5) is 12.6. The van der Waals surface area contributed by atoms with Crippen molar-refractivity contribution in [3.63, 3.8) is 0 Å². The highest BCUT2D eigenvalue weighted by molar-refractivity contribution is 7.67.